The zero-order valence-electron chi connectivity index (χ0n) is 7.73. The molecule has 1 aromatic rings. The number of rotatable bonds is 4. The maximum Gasteiger partial charge on any atom is 0.256 e. The number of halogens is 2. The molecule has 0 fully saturated rings. The van der Waals surface area contributed by atoms with Crippen LogP contribution in [0.4, 0.5) is 0 Å². The van der Waals surface area contributed by atoms with Crippen molar-refractivity contribution < 1.29 is 8.42 Å². The van der Waals surface area contributed by atoms with Gasteiger partial charge in [-0.2, -0.15) is 0 Å². The van der Waals surface area contributed by atoms with Crippen LogP contribution in [0.3, 0.4) is 0 Å². The number of hydrogen-bond donors (Lipinski definition) is 0. The van der Waals surface area contributed by atoms with Gasteiger partial charge in [0.1, 0.15) is 0 Å². The van der Waals surface area contributed by atoms with Gasteiger partial charge in [-0.15, -0.1) is 10.4 Å². The Bertz CT molecular complexity index is 442. The lowest BCUT2D eigenvalue weighted by Gasteiger charge is -2.11. The molecule has 0 radical (unpaired) electrons. The van der Waals surface area contributed by atoms with Gasteiger partial charge in [-0.1, -0.05) is 17.7 Å². The highest BCUT2D eigenvalue weighted by Crippen LogP contribution is 2.19. The van der Waals surface area contributed by atoms with Gasteiger partial charge in [0.05, 0.1) is 4.90 Å². The Hall–Kier alpha value is -0.550. The van der Waals surface area contributed by atoms with E-state index in [0.717, 1.165) is 0 Å². The van der Waals surface area contributed by atoms with Crippen molar-refractivity contribution in [2.24, 2.45) is 0 Å². The summed E-state index contributed by atoms with van der Waals surface area (Å²) in [5, 5.41) is 0.471. The van der Waals surface area contributed by atoms with Crippen LogP contribution in [-0.4, -0.2) is 18.8 Å². The zero-order valence-corrected chi connectivity index (χ0v) is 10.1. The molecule has 0 unspecified atom stereocenters. The maximum absolute atomic E-state index is 11.7. The van der Waals surface area contributed by atoms with Crippen LogP contribution in [0.15, 0.2) is 41.8 Å². The summed E-state index contributed by atoms with van der Waals surface area (Å²) in [6.07, 6.45) is 1.40. The molecule has 15 heavy (non-hydrogen) atoms. The summed E-state index contributed by atoms with van der Waals surface area (Å²) in [5.74, 6) is 0. The molecule has 3 nitrogen and oxygen atoms in total. The molecule has 0 bridgehead atoms. The van der Waals surface area contributed by atoms with Gasteiger partial charge in [0.2, 0.25) is 0 Å². The first kappa shape index (κ1) is 12.5. The largest absolute Gasteiger partial charge is 0.256 e. The van der Waals surface area contributed by atoms with Crippen molar-refractivity contribution in [2.45, 2.75) is 4.90 Å². The smallest absolute Gasteiger partial charge is 0.206 e. The van der Waals surface area contributed by atoms with Gasteiger partial charge in [-0.05, 0) is 36.0 Å². The predicted molar refractivity (Wildman–Crippen MR) is 61.4 cm³/mol. The standard InChI is InChI=1S/C9H9Cl2NO2S/c1-2-7-12(11)15(13,14)9-5-3-8(10)4-6-9/h2-6H,1,7H2. The molecular weight excluding hydrogens is 257 g/mol. The second-order valence-electron chi connectivity index (χ2n) is 2.72. The highest BCUT2D eigenvalue weighted by atomic mass is 35.5. The summed E-state index contributed by atoms with van der Waals surface area (Å²) < 4.78 is 24.2. The molecule has 0 saturated carbocycles. The molecule has 0 spiro atoms. The first-order valence-corrected chi connectivity index (χ1v) is 6.19. The third-order valence-corrected chi connectivity index (χ3v) is 4.12. The van der Waals surface area contributed by atoms with Crippen LogP contribution in [0.5, 0.6) is 0 Å². The summed E-state index contributed by atoms with van der Waals surface area (Å²) in [6, 6.07) is 5.78. The van der Waals surface area contributed by atoms with Crippen molar-refractivity contribution in [1.82, 2.24) is 3.82 Å². The van der Waals surface area contributed by atoms with Crippen LogP contribution in [0.25, 0.3) is 0 Å². The van der Waals surface area contributed by atoms with Crippen LogP contribution in [0.2, 0.25) is 5.02 Å². The van der Waals surface area contributed by atoms with Crippen LogP contribution in [0.1, 0.15) is 0 Å². The van der Waals surface area contributed by atoms with Crippen molar-refractivity contribution in [2.75, 3.05) is 6.54 Å². The molecule has 0 aliphatic heterocycles. The van der Waals surface area contributed by atoms with E-state index >= 15 is 0 Å². The van der Waals surface area contributed by atoms with E-state index in [9.17, 15) is 8.42 Å². The van der Waals surface area contributed by atoms with Gasteiger partial charge in [0.15, 0.2) is 0 Å². The minimum Gasteiger partial charge on any atom is -0.206 e. The average Bonchev–Trinajstić information content (AvgIpc) is 2.18. The lowest BCUT2D eigenvalue weighted by Crippen LogP contribution is -2.21. The van der Waals surface area contributed by atoms with Crippen molar-refractivity contribution in [3.63, 3.8) is 0 Å². The van der Waals surface area contributed by atoms with Gasteiger partial charge in [0, 0.05) is 11.6 Å². The van der Waals surface area contributed by atoms with E-state index < -0.39 is 10.0 Å². The first-order chi connectivity index (χ1) is 6.98. The number of hydrogen-bond acceptors (Lipinski definition) is 2. The average molecular weight is 266 g/mol. The second-order valence-corrected chi connectivity index (χ2v) is 5.63. The Morgan fingerprint density at radius 3 is 2.33 bits per heavy atom. The Kier molecular flexibility index (Phi) is 4.16. The normalized spacial score (nSPS) is 11.7. The molecule has 0 aliphatic rings. The molecular formula is C9H9Cl2NO2S. The number of sulfonamides is 1. The lowest BCUT2D eigenvalue weighted by atomic mass is 10.4. The molecule has 1 rings (SSSR count). The molecule has 0 aliphatic carbocycles. The Morgan fingerprint density at radius 2 is 1.87 bits per heavy atom. The third kappa shape index (κ3) is 2.95. The predicted octanol–water partition coefficient (Wildman–Crippen LogP) is 2.67. The third-order valence-electron chi connectivity index (χ3n) is 1.64. The van der Waals surface area contributed by atoms with E-state index in [1.807, 2.05) is 0 Å². The summed E-state index contributed by atoms with van der Waals surface area (Å²) >= 11 is 11.2. The summed E-state index contributed by atoms with van der Waals surface area (Å²) in [6.45, 7) is 3.46. The Balaban J connectivity index is 3.06. The quantitative estimate of drug-likeness (QED) is 0.620. The van der Waals surface area contributed by atoms with Gasteiger partial charge >= 0.3 is 0 Å². The minimum atomic E-state index is -3.65. The van der Waals surface area contributed by atoms with E-state index in [1.54, 1.807) is 0 Å². The highest BCUT2D eigenvalue weighted by Gasteiger charge is 2.21. The Labute approximate surface area is 99.1 Å². The monoisotopic (exact) mass is 265 g/mol. The van der Waals surface area contributed by atoms with Crippen LogP contribution < -0.4 is 0 Å². The van der Waals surface area contributed by atoms with Crippen molar-refractivity contribution in [1.29, 1.82) is 0 Å². The maximum atomic E-state index is 11.7. The fraction of sp³-hybridized carbons (Fsp3) is 0.111. The molecule has 0 atom stereocenters. The molecule has 0 heterocycles. The van der Waals surface area contributed by atoms with Crippen LogP contribution in [-0.2, 0) is 10.0 Å². The van der Waals surface area contributed by atoms with Gasteiger partial charge in [-0.25, -0.2) is 8.42 Å². The first-order valence-electron chi connectivity index (χ1n) is 4.03. The van der Waals surface area contributed by atoms with Gasteiger partial charge in [0.25, 0.3) is 10.0 Å². The molecule has 0 amide bonds. The fourth-order valence-corrected chi connectivity index (χ4v) is 2.39. The van der Waals surface area contributed by atoms with E-state index in [0.29, 0.717) is 8.85 Å². The minimum absolute atomic E-state index is 0.0481. The van der Waals surface area contributed by atoms with E-state index in [-0.39, 0.29) is 11.4 Å². The SMILES string of the molecule is C=CCN(Cl)S(=O)(=O)c1ccc(Cl)cc1. The number of benzene rings is 1. The zero-order chi connectivity index (χ0) is 11.5. The summed E-state index contributed by atoms with van der Waals surface area (Å²) in [7, 11) is -3.65. The van der Waals surface area contributed by atoms with Crippen molar-refractivity contribution in [3.05, 3.63) is 41.9 Å². The van der Waals surface area contributed by atoms with Gasteiger partial charge < -0.3 is 0 Å². The lowest BCUT2D eigenvalue weighted by molar-refractivity contribution is 0.551. The van der Waals surface area contributed by atoms with E-state index in [1.165, 1.54) is 30.3 Å². The van der Waals surface area contributed by atoms with E-state index in [2.05, 4.69) is 6.58 Å². The van der Waals surface area contributed by atoms with Crippen LogP contribution in [0, 0.1) is 0 Å². The van der Waals surface area contributed by atoms with Crippen LogP contribution >= 0.6 is 23.4 Å². The molecule has 0 saturated heterocycles. The topological polar surface area (TPSA) is 37.4 Å². The van der Waals surface area contributed by atoms with Gasteiger partial charge in [-0.3, -0.25) is 0 Å². The fourth-order valence-electron chi connectivity index (χ4n) is 0.921. The Morgan fingerprint density at radius 1 is 1.33 bits per heavy atom. The van der Waals surface area contributed by atoms with E-state index in [4.69, 9.17) is 23.4 Å². The highest BCUT2D eigenvalue weighted by molar-refractivity contribution is 7.90. The summed E-state index contributed by atoms with van der Waals surface area (Å²) in [5.41, 5.74) is 0. The molecule has 82 valence electrons. The molecule has 0 N–H and O–H groups in total. The molecule has 1 aromatic carbocycles. The molecule has 0 aromatic heterocycles. The second kappa shape index (κ2) is 4.99. The van der Waals surface area contributed by atoms with Crippen molar-refractivity contribution in [3.8, 4) is 0 Å². The summed E-state index contributed by atoms with van der Waals surface area (Å²) in [4.78, 5) is 0.101. The molecule has 6 heteroatoms. The number of nitrogens with zero attached hydrogens (tertiary/aromatic N) is 1. The van der Waals surface area contributed by atoms with Crippen molar-refractivity contribution >= 4 is 33.4 Å².